The van der Waals surface area contributed by atoms with Gasteiger partial charge in [-0.05, 0) is 74.4 Å². The molecule has 0 aromatic rings. The third-order valence-electron chi connectivity index (χ3n) is 10.6. The Hall–Kier alpha value is -1.61. The van der Waals surface area contributed by atoms with Crippen molar-refractivity contribution in [1.82, 2.24) is 0 Å². The maximum absolute atomic E-state index is 17.4. The lowest BCUT2D eigenvalue weighted by atomic mass is 9.44. The summed E-state index contributed by atoms with van der Waals surface area (Å²) in [7, 11) is 0. The zero-order chi connectivity index (χ0) is 27.0. The molecule has 5 aliphatic carbocycles. The maximum atomic E-state index is 17.4. The van der Waals surface area contributed by atoms with Crippen LogP contribution in [0.3, 0.4) is 0 Å². The number of aliphatic hydroxyl groups is 1. The minimum Gasteiger partial charge on any atom is -0.449 e. The lowest BCUT2D eigenvalue weighted by Gasteiger charge is -2.63. The highest BCUT2D eigenvalue weighted by Gasteiger charge is 2.78. The van der Waals surface area contributed by atoms with Crippen molar-refractivity contribution in [2.45, 2.75) is 89.3 Å². The number of thioether (sulfide) groups is 1. The second kappa shape index (κ2) is 8.97. The number of hydrogen-bond acceptors (Lipinski definition) is 6. The molecular weight excluding hydrogens is 505 g/mol. The molecule has 0 radical (unpaired) electrons. The Morgan fingerprint density at radius 1 is 1.19 bits per heavy atom. The molecule has 9 atom stereocenters. The molecule has 0 aromatic heterocycles. The van der Waals surface area contributed by atoms with Gasteiger partial charge in [0.2, 0.25) is 5.12 Å². The minimum absolute atomic E-state index is 0.0236. The van der Waals surface area contributed by atoms with Gasteiger partial charge in [-0.3, -0.25) is 14.4 Å². The summed E-state index contributed by atoms with van der Waals surface area (Å²) in [5.41, 5.74) is -6.82. The van der Waals surface area contributed by atoms with Crippen LogP contribution in [0.1, 0.15) is 65.7 Å². The summed E-state index contributed by atoms with van der Waals surface area (Å²) in [5, 5.41) is 10.9. The summed E-state index contributed by atoms with van der Waals surface area (Å²) in [5.74, 6) is -3.49. The van der Waals surface area contributed by atoms with Crippen molar-refractivity contribution in [3.63, 3.8) is 0 Å². The molecule has 4 saturated carbocycles. The fourth-order valence-corrected chi connectivity index (χ4v) is 9.57. The van der Waals surface area contributed by atoms with Crippen LogP contribution in [0.25, 0.3) is 0 Å². The highest BCUT2D eigenvalue weighted by Crippen LogP contribution is 2.72. The first-order valence-electron chi connectivity index (χ1n) is 13.3. The van der Waals surface area contributed by atoms with Crippen molar-refractivity contribution >= 4 is 28.6 Å². The highest BCUT2D eigenvalue weighted by atomic mass is 32.2. The van der Waals surface area contributed by atoms with E-state index in [0.29, 0.717) is 24.6 Å². The van der Waals surface area contributed by atoms with Gasteiger partial charge in [0.15, 0.2) is 17.1 Å². The molecule has 5 nitrogen and oxygen atoms in total. The summed E-state index contributed by atoms with van der Waals surface area (Å²) in [6.07, 6.45) is 3.32. The largest absolute Gasteiger partial charge is 0.449 e. The van der Waals surface area contributed by atoms with Crippen molar-refractivity contribution in [3.8, 4) is 0 Å². The van der Waals surface area contributed by atoms with Gasteiger partial charge in [0.25, 0.3) is 0 Å². The number of hydrogen-bond donors (Lipinski definition) is 1. The van der Waals surface area contributed by atoms with E-state index in [1.807, 2.05) is 0 Å². The number of aliphatic hydroxyl groups excluding tert-OH is 1. The first-order valence-corrected chi connectivity index (χ1v) is 14.3. The fourth-order valence-electron chi connectivity index (χ4n) is 8.78. The van der Waals surface area contributed by atoms with E-state index in [1.165, 1.54) is 19.1 Å². The van der Waals surface area contributed by atoms with Gasteiger partial charge >= 0.3 is 5.97 Å². The number of allylic oxidation sites excluding steroid dienone is 4. The Kier molecular flexibility index (Phi) is 6.54. The van der Waals surface area contributed by atoms with Crippen LogP contribution in [-0.4, -0.2) is 51.5 Å². The van der Waals surface area contributed by atoms with Crippen LogP contribution in [0.5, 0.6) is 0 Å². The molecule has 0 heterocycles. The topological polar surface area (TPSA) is 80.7 Å². The quantitative estimate of drug-likeness (QED) is 0.493. The molecule has 4 fully saturated rings. The zero-order valence-corrected chi connectivity index (χ0v) is 22.3. The average Bonchev–Trinajstić information content (AvgIpc) is 3.45. The van der Waals surface area contributed by atoms with Crippen molar-refractivity contribution in [2.75, 3.05) is 6.01 Å². The van der Waals surface area contributed by atoms with Crippen LogP contribution in [-0.2, 0) is 19.1 Å². The van der Waals surface area contributed by atoms with Crippen LogP contribution in [0.2, 0.25) is 0 Å². The number of rotatable bonds is 4. The van der Waals surface area contributed by atoms with Crippen molar-refractivity contribution < 1.29 is 37.4 Å². The molecule has 0 aromatic carbocycles. The van der Waals surface area contributed by atoms with Gasteiger partial charge in [-0.2, -0.15) is 0 Å². The van der Waals surface area contributed by atoms with E-state index < -0.39 is 75.0 Å². The summed E-state index contributed by atoms with van der Waals surface area (Å²) in [6.45, 7) is 4.97. The molecule has 0 saturated heterocycles. The molecule has 204 valence electrons. The van der Waals surface area contributed by atoms with E-state index in [-0.39, 0.29) is 30.8 Å². The summed E-state index contributed by atoms with van der Waals surface area (Å²) < 4.78 is 52.7. The number of ether oxygens (including phenoxy) is 1. The molecule has 5 unspecified atom stereocenters. The number of carbonyl (C=O) groups excluding carboxylic acids is 3. The minimum atomic E-state index is -2.30. The summed E-state index contributed by atoms with van der Waals surface area (Å²) in [4.78, 5) is 39.0. The molecule has 0 spiro atoms. The van der Waals surface area contributed by atoms with E-state index in [2.05, 4.69) is 0 Å². The molecule has 0 aliphatic heterocycles. The Bertz CT molecular complexity index is 1070. The molecular formula is C28H35F3O5S. The number of carbonyl (C=O) groups is 3. The number of halogens is 3. The monoisotopic (exact) mass is 540 g/mol. The number of fused-ring (bicyclic) bond motifs is 5. The summed E-state index contributed by atoms with van der Waals surface area (Å²) in [6, 6.07) is -1.01. The Balaban J connectivity index is 1.61. The molecule has 37 heavy (non-hydrogen) atoms. The molecule has 9 heteroatoms. The average molecular weight is 541 g/mol. The summed E-state index contributed by atoms with van der Waals surface area (Å²) >= 11 is 0.428. The van der Waals surface area contributed by atoms with Crippen molar-refractivity contribution in [3.05, 3.63) is 23.8 Å². The van der Waals surface area contributed by atoms with Crippen molar-refractivity contribution in [2.24, 2.45) is 34.5 Å². The van der Waals surface area contributed by atoms with E-state index in [1.54, 1.807) is 13.8 Å². The Morgan fingerprint density at radius 3 is 2.51 bits per heavy atom. The molecule has 5 rings (SSSR count). The van der Waals surface area contributed by atoms with Crippen LogP contribution in [0.4, 0.5) is 13.2 Å². The first kappa shape index (κ1) is 27.0. The SMILES string of the molecule is CC1C[C@H]2[C@@H]3CC(F)C4=CC(=O)C=C[C@]4(C)C3(F)C(O)C[C@]2(C)C1(OC(=O)C1CCCC1)C(=O)SCF. The number of esters is 1. The van der Waals surface area contributed by atoms with E-state index >= 15 is 8.78 Å². The van der Waals surface area contributed by atoms with E-state index in [0.717, 1.165) is 18.9 Å². The third-order valence-corrected chi connectivity index (χ3v) is 11.3. The van der Waals surface area contributed by atoms with Gasteiger partial charge in [-0.1, -0.05) is 32.8 Å². The fraction of sp³-hybridized carbons (Fsp3) is 0.750. The van der Waals surface area contributed by atoms with Gasteiger partial charge in [0.05, 0.1) is 12.0 Å². The van der Waals surface area contributed by atoms with Gasteiger partial charge in [0, 0.05) is 22.7 Å². The second-order valence-corrected chi connectivity index (χ2v) is 13.1. The molecule has 1 N–H and O–H groups in total. The second-order valence-electron chi connectivity index (χ2n) is 12.2. The first-order chi connectivity index (χ1) is 17.4. The molecule has 5 aliphatic rings. The van der Waals surface area contributed by atoms with Gasteiger partial charge < -0.3 is 9.84 Å². The van der Waals surface area contributed by atoms with Crippen molar-refractivity contribution in [1.29, 1.82) is 0 Å². The van der Waals surface area contributed by atoms with Crippen LogP contribution < -0.4 is 0 Å². The lowest BCUT2D eigenvalue weighted by molar-refractivity contribution is -0.229. The normalized spacial score (nSPS) is 47.2. The van der Waals surface area contributed by atoms with Crippen LogP contribution in [0.15, 0.2) is 23.8 Å². The van der Waals surface area contributed by atoms with Crippen LogP contribution >= 0.6 is 11.8 Å². The predicted octanol–water partition coefficient (Wildman–Crippen LogP) is 5.21. The number of ketones is 1. The maximum Gasteiger partial charge on any atom is 0.309 e. The van der Waals surface area contributed by atoms with E-state index in [4.69, 9.17) is 4.74 Å². The van der Waals surface area contributed by atoms with Gasteiger partial charge in [0.1, 0.15) is 12.2 Å². The predicted molar refractivity (Wildman–Crippen MR) is 133 cm³/mol. The lowest BCUT2D eigenvalue weighted by Crippen LogP contribution is -2.70. The van der Waals surface area contributed by atoms with Gasteiger partial charge in [-0.15, -0.1) is 0 Å². The zero-order valence-electron chi connectivity index (χ0n) is 21.5. The van der Waals surface area contributed by atoms with Crippen LogP contribution in [0, 0.1) is 34.5 Å². The van der Waals surface area contributed by atoms with Gasteiger partial charge in [-0.25, -0.2) is 13.2 Å². The molecule has 0 bridgehead atoms. The molecule has 0 amide bonds. The Labute approximate surface area is 219 Å². The number of alkyl halides is 3. The Morgan fingerprint density at radius 2 is 1.86 bits per heavy atom. The third kappa shape index (κ3) is 3.44. The van der Waals surface area contributed by atoms with E-state index in [9.17, 15) is 23.9 Å². The highest BCUT2D eigenvalue weighted by molar-refractivity contribution is 8.13. The smallest absolute Gasteiger partial charge is 0.309 e. The standard InChI is InChI=1S/C28H35F3O5S/c1-15-10-18-19-12-21(30)20-11-17(32)8-9-25(20,2)27(19,31)22(33)13-26(18,3)28(15,24(35)37-14-29)36-23(34)16-6-4-5-7-16/h8-9,11,15-16,18-19,21-22,33H,4-7,10,12-14H2,1-3H3/t15?,18-,19-,21?,22?,25-,26-,27?,28?/m0/s1.